The number of hydrogen-bond donors (Lipinski definition) is 2. The number of benzene rings is 1. The molecular weight excluding hydrogens is 329 g/mol. The minimum Gasteiger partial charge on any atom is -0.454 e. The Morgan fingerprint density at radius 1 is 1.14 bits per heavy atom. The summed E-state index contributed by atoms with van der Waals surface area (Å²) in [6, 6.07) is 8.12. The molecule has 6 nitrogen and oxygen atoms in total. The third kappa shape index (κ3) is 3.52. The fraction of sp³-hybridized carbons (Fsp3) is 0.143. The van der Waals surface area contributed by atoms with Crippen molar-refractivity contribution in [2.24, 2.45) is 0 Å². The van der Waals surface area contributed by atoms with Gasteiger partial charge in [0.1, 0.15) is 10.3 Å². The second-order valence-electron chi connectivity index (χ2n) is 4.50. The zero-order chi connectivity index (χ0) is 15.5. The SMILES string of the molecule is O=C(NCc1ccc2c(c1)OCO2)Nc1cc(Cl)nc(Cl)c1. The number of urea groups is 1. The lowest BCUT2D eigenvalue weighted by Crippen LogP contribution is -2.28. The van der Waals surface area contributed by atoms with Gasteiger partial charge in [-0.2, -0.15) is 0 Å². The van der Waals surface area contributed by atoms with Gasteiger partial charge in [-0.1, -0.05) is 29.3 Å². The van der Waals surface area contributed by atoms with E-state index < -0.39 is 0 Å². The fourth-order valence-electron chi connectivity index (χ4n) is 1.95. The second kappa shape index (κ2) is 6.29. The number of ether oxygens (including phenoxy) is 2. The summed E-state index contributed by atoms with van der Waals surface area (Å²) < 4.78 is 10.5. The van der Waals surface area contributed by atoms with E-state index in [0.29, 0.717) is 23.7 Å². The predicted octanol–water partition coefficient (Wildman–Crippen LogP) is 3.44. The smallest absolute Gasteiger partial charge is 0.319 e. The molecule has 0 atom stereocenters. The third-order valence-electron chi connectivity index (χ3n) is 2.91. The van der Waals surface area contributed by atoms with Crippen LogP contribution >= 0.6 is 23.2 Å². The number of pyridine rings is 1. The molecule has 2 amide bonds. The maximum atomic E-state index is 11.9. The van der Waals surface area contributed by atoms with Crippen LogP contribution in [0.1, 0.15) is 5.56 Å². The topological polar surface area (TPSA) is 72.5 Å². The van der Waals surface area contributed by atoms with E-state index in [9.17, 15) is 4.79 Å². The molecule has 1 aromatic heterocycles. The van der Waals surface area contributed by atoms with Crippen LogP contribution in [0.5, 0.6) is 11.5 Å². The molecule has 0 fully saturated rings. The van der Waals surface area contributed by atoms with E-state index in [1.165, 1.54) is 12.1 Å². The maximum absolute atomic E-state index is 11.9. The van der Waals surface area contributed by atoms with E-state index in [1.807, 2.05) is 12.1 Å². The van der Waals surface area contributed by atoms with Crippen LogP contribution in [0.2, 0.25) is 10.3 Å². The third-order valence-corrected chi connectivity index (χ3v) is 3.30. The summed E-state index contributed by atoms with van der Waals surface area (Å²) >= 11 is 11.5. The summed E-state index contributed by atoms with van der Waals surface area (Å²) in [5.74, 6) is 1.38. The Hall–Kier alpha value is -2.18. The molecule has 8 heteroatoms. The molecule has 114 valence electrons. The minimum absolute atomic E-state index is 0.207. The molecule has 0 radical (unpaired) electrons. The van der Waals surface area contributed by atoms with Crippen molar-refractivity contribution >= 4 is 34.9 Å². The zero-order valence-electron chi connectivity index (χ0n) is 11.2. The van der Waals surface area contributed by atoms with Gasteiger partial charge < -0.3 is 20.1 Å². The highest BCUT2D eigenvalue weighted by atomic mass is 35.5. The number of hydrogen-bond acceptors (Lipinski definition) is 4. The van der Waals surface area contributed by atoms with Gasteiger partial charge in [0.05, 0.1) is 0 Å². The number of aromatic nitrogens is 1. The molecule has 0 spiro atoms. The average Bonchev–Trinajstić information content (AvgIpc) is 2.91. The van der Waals surface area contributed by atoms with Gasteiger partial charge in [0.2, 0.25) is 6.79 Å². The number of rotatable bonds is 3. The highest BCUT2D eigenvalue weighted by Crippen LogP contribution is 2.32. The average molecular weight is 340 g/mol. The molecule has 0 bridgehead atoms. The molecule has 0 unspecified atom stereocenters. The summed E-state index contributed by atoms with van der Waals surface area (Å²) in [7, 11) is 0. The fourth-order valence-corrected chi connectivity index (χ4v) is 2.41. The second-order valence-corrected chi connectivity index (χ2v) is 5.27. The first-order valence-corrected chi connectivity index (χ1v) is 7.12. The Kier molecular flexibility index (Phi) is 4.22. The van der Waals surface area contributed by atoms with Gasteiger partial charge in [-0.25, -0.2) is 9.78 Å². The van der Waals surface area contributed by atoms with E-state index in [4.69, 9.17) is 32.7 Å². The van der Waals surface area contributed by atoms with Crippen molar-refractivity contribution < 1.29 is 14.3 Å². The molecule has 0 aliphatic carbocycles. The number of nitrogens with one attached hydrogen (secondary N) is 2. The molecule has 1 aromatic carbocycles. The van der Waals surface area contributed by atoms with Crippen LogP contribution in [-0.2, 0) is 6.54 Å². The van der Waals surface area contributed by atoms with Crippen molar-refractivity contribution in [1.29, 1.82) is 0 Å². The van der Waals surface area contributed by atoms with Gasteiger partial charge in [-0.3, -0.25) is 0 Å². The maximum Gasteiger partial charge on any atom is 0.319 e. The highest BCUT2D eigenvalue weighted by molar-refractivity contribution is 6.32. The minimum atomic E-state index is -0.379. The van der Waals surface area contributed by atoms with Crippen LogP contribution in [0.3, 0.4) is 0 Å². The van der Waals surface area contributed by atoms with Crippen molar-refractivity contribution in [1.82, 2.24) is 10.3 Å². The van der Waals surface area contributed by atoms with E-state index in [2.05, 4.69) is 15.6 Å². The number of amides is 2. The molecule has 2 N–H and O–H groups in total. The molecule has 3 rings (SSSR count). The Morgan fingerprint density at radius 2 is 1.86 bits per heavy atom. The lowest BCUT2D eigenvalue weighted by atomic mass is 10.2. The number of carbonyl (C=O) groups excluding carboxylic acids is 1. The summed E-state index contributed by atoms with van der Waals surface area (Å²) in [4.78, 5) is 15.7. The summed E-state index contributed by atoms with van der Waals surface area (Å²) in [6.45, 7) is 0.561. The first-order chi connectivity index (χ1) is 10.6. The number of fused-ring (bicyclic) bond motifs is 1. The molecule has 2 aromatic rings. The van der Waals surface area contributed by atoms with Crippen molar-refractivity contribution in [2.75, 3.05) is 12.1 Å². The lowest BCUT2D eigenvalue weighted by Gasteiger charge is -2.08. The van der Waals surface area contributed by atoms with Gasteiger partial charge in [-0.05, 0) is 29.8 Å². The van der Waals surface area contributed by atoms with Gasteiger partial charge in [0.15, 0.2) is 11.5 Å². The zero-order valence-corrected chi connectivity index (χ0v) is 12.7. The summed E-state index contributed by atoms with van der Waals surface area (Å²) in [5, 5.41) is 5.77. The number of halogens is 2. The van der Waals surface area contributed by atoms with Crippen molar-refractivity contribution in [3.63, 3.8) is 0 Å². The van der Waals surface area contributed by atoms with Crippen LogP contribution < -0.4 is 20.1 Å². The van der Waals surface area contributed by atoms with Crippen molar-refractivity contribution in [3.8, 4) is 11.5 Å². The Bertz CT molecular complexity index is 704. The van der Waals surface area contributed by atoms with E-state index in [0.717, 1.165) is 5.56 Å². The molecule has 2 heterocycles. The van der Waals surface area contributed by atoms with Crippen molar-refractivity contribution in [2.45, 2.75) is 6.54 Å². The number of anilines is 1. The monoisotopic (exact) mass is 339 g/mol. The lowest BCUT2D eigenvalue weighted by molar-refractivity contribution is 0.174. The van der Waals surface area contributed by atoms with Crippen molar-refractivity contribution in [3.05, 3.63) is 46.2 Å². The molecule has 1 aliphatic heterocycles. The molecular formula is C14H11Cl2N3O3. The largest absolute Gasteiger partial charge is 0.454 e. The Morgan fingerprint density at radius 3 is 2.64 bits per heavy atom. The van der Waals surface area contributed by atoms with Crippen LogP contribution in [0.15, 0.2) is 30.3 Å². The van der Waals surface area contributed by atoms with E-state index in [1.54, 1.807) is 6.07 Å². The standard InChI is InChI=1S/C14H11Cl2N3O3/c15-12-4-9(5-13(16)19-12)18-14(20)17-6-8-1-2-10-11(3-8)22-7-21-10/h1-5H,6-7H2,(H2,17,18,19,20). The first kappa shape index (κ1) is 14.7. The van der Waals surface area contributed by atoms with Crippen LogP contribution in [0.4, 0.5) is 10.5 Å². The Labute approximate surface area is 136 Å². The van der Waals surface area contributed by atoms with E-state index in [-0.39, 0.29) is 23.1 Å². The predicted molar refractivity (Wildman–Crippen MR) is 82.7 cm³/mol. The summed E-state index contributed by atoms with van der Waals surface area (Å²) in [5.41, 5.74) is 1.36. The van der Waals surface area contributed by atoms with Crippen LogP contribution in [0, 0.1) is 0 Å². The molecule has 0 saturated heterocycles. The normalized spacial score (nSPS) is 12.1. The van der Waals surface area contributed by atoms with Gasteiger partial charge in [0, 0.05) is 12.2 Å². The molecule has 22 heavy (non-hydrogen) atoms. The number of nitrogens with zero attached hydrogens (tertiary/aromatic N) is 1. The van der Waals surface area contributed by atoms with Crippen LogP contribution in [0.25, 0.3) is 0 Å². The van der Waals surface area contributed by atoms with Gasteiger partial charge in [0.25, 0.3) is 0 Å². The van der Waals surface area contributed by atoms with Gasteiger partial charge in [-0.15, -0.1) is 0 Å². The van der Waals surface area contributed by atoms with E-state index >= 15 is 0 Å². The quantitative estimate of drug-likeness (QED) is 0.840. The summed E-state index contributed by atoms with van der Waals surface area (Å²) in [6.07, 6.45) is 0. The number of carbonyl (C=O) groups is 1. The van der Waals surface area contributed by atoms with Gasteiger partial charge >= 0.3 is 6.03 Å². The molecule has 1 aliphatic rings. The van der Waals surface area contributed by atoms with Crippen LogP contribution in [-0.4, -0.2) is 17.8 Å². The Balaban J connectivity index is 1.58. The highest BCUT2D eigenvalue weighted by Gasteiger charge is 2.13. The first-order valence-electron chi connectivity index (χ1n) is 6.36. The molecule has 0 saturated carbocycles.